The Bertz CT molecular complexity index is 958. The van der Waals surface area contributed by atoms with E-state index >= 15 is 0 Å². The van der Waals surface area contributed by atoms with Crippen LogP contribution < -0.4 is 13.9 Å². The van der Waals surface area contributed by atoms with Gasteiger partial charge in [-0.05, 0) is 30.2 Å². The van der Waals surface area contributed by atoms with Gasteiger partial charge >= 0.3 is 0 Å². The first-order chi connectivity index (χ1) is 12.4. The van der Waals surface area contributed by atoms with E-state index in [1.54, 1.807) is 29.2 Å². The third kappa shape index (κ3) is 2.92. The number of para-hydroxylation sites is 3. The lowest BCUT2D eigenvalue weighted by Crippen LogP contribution is -2.42. The van der Waals surface area contributed by atoms with Crippen molar-refractivity contribution in [2.24, 2.45) is 0 Å². The molecule has 0 fully saturated rings. The number of benzene rings is 2. The smallest absolute Gasteiger partial charge is 0.268 e. The highest BCUT2D eigenvalue weighted by atomic mass is 32.2. The Morgan fingerprint density at radius 1 is 1.04 bits per heavy atom. The Kier molecular flexibility index (Phi) is 4.11. The molecule has 0 bridgehead atoms. The van der Waals surface area contributed by atoms with Crippen LogP contribution in [0.5, 0.6) is 5.75 Å². The van der Waals surface area contributed by atoms with Crippen molar-refractivity contribution in [1.82, 2.24) is 0 Å². The SMILES string of the molecule is CS(=O)(=O)N1CCC(C(=O)N2CCc3ccccc32)Oc2ccccc21. The first kappa shape index (κ1) is 16.9. The van der Waals surface area contributed by atoms with Crippen molar-refractivity contribution in [3.63, 3.8) is 0 Å². The molecule has 2 heterocycles. The summed E-state index contributed by atoms with van der Waals surface area (Å²) < 4.78 is 31.6. The molecule has 1 amide bonds. The number of rotatable bonds is 2. The highest BCUT2D eigenvalue weighted by Gasteiger charge is 2.35. The Balaban J connectivity index is 1.65. The minimum absolute atomic E-state index is 0.125. The Hall–Kier alpha value is -2.54. The van der Waals surface area contributed by atoms with Crippen molar-refractivity contribution in [3.05, 3.63) is 54.1 Å². The molecule has 0 aliphatic carbocycles. The monoisotopic (exact) mass is 372 g/mol. The summed E-state index contributed by atoms with van der Waals surface area (Å²) in [4.78, 5) is 14.9. The summed E-state index contributed by atoms with van der Waals surface area (Å²) in [6.45, 7) is 0.831. The number of ether oxygens (including phenoxy) is 1. The van der Waals surface area contributed by atoms with Crippen LogP contribution in [0.1, 0.15) is 12.0 Å². The minimum Gasteiger partial charge on any atom is -0.478 e. The van der Waals surface area contributed by atoms with Crippen molar-refractivity contribution < 1.29 is 17.9 Å². The van der Waals surface area contributed by atoms with Gasteiger partial charge in [0.1, 0.15) is 5.75 Å². The number of anilines is 2. The van der Waals surface area contributed by atoms with E-state index in [1.165, 1.54) is 10.6 Å². The quantitative estimate of drug-likeness (QED) is 0.811. The lowest BCUT2D eigenvalue weighted by Gasteiger charge is -2.23. The van der Waals surface area contributed by atoms with Crippen LogP contribution in [0.3, 0.4) is 0 Å². The molecule has 136 valence electrons. The van der Waals surface area contributed by atoms with Gasteiger partial charge in [0, 0.05) is 25.2 Å². The first-order valence-corrected chi connectivity index (χ1v) is 10.4. The van der Waals surface area contributed by atoms with Crippen LogP contribution in [0.4, 0.5) is 11.4 Å². The Morgan fingerprint density at radius 3 is 2.50 bits per heavy atom. The molecule has 0 N–H and O–H groups in total. The summed E-state index contributed by atoms with van der Waals surface area (Å²) in [6, 6.07) is 14.8. The van der Waals surface area contributed by atoms with Gasteiger partial charge in [-0.3, -0.25) is 9.10 Å². The van der Waals surface area contributed by atoms with Crippen molar-refractivity contribution in [3.8, 4) is 5.75 Å². The number of hydrogen-bond donors (Lipinski definition) is 0. The van der Waals surface area contributed by atoms with Crippen molar-refractivity contribution in [2.75, 3.05) is 28.6 Å². The predicted octanol–water partition coefficient (Wildman–Crippen LogP) is 2.19. The summed E-state index contributed by atoms with van der Waals surface area (Å²) in [6.07, 6.45) is 1.58. The molecule has 4 rings (SSSR count). The maximum atomic E-state index is 13.1. The van der Waals surface area contributed by atoms with Crippen LogP contribution in [0.15, 0.2) is 48.5 Å². The van der Waals surface area contributed by atoms with Gasteiger partial charge in [0.05, 0.1) is 11.9 Å². The zero-order valence-corrected chi connectivity index (χ0v) is 15.3. The number of carbonyl (C=O) groups is 1. The summed E-state index contributed by atoms with van der Waals surface area (Å²) in [5.74, 6) is 0.293. The number of fused-ring (bicyclic) bond motifs is 2. The molecule has 2 aromatic rings. The molecule has 6 nitrogen and oxygen atoms in total. The zero-order chi connectivity index (χ0) is 18.3. The molecule has 26 heavy (non-hydrogen) atoms. The average Bonchev–Trinajstić information content (AvgIpc) is 2.93. The Morgan fingerprint density at radius 2 is 1.73 bits per heavy atom. The number of amides is 1. The van der Waals surface area contributed by atoms with E-state index < -0.39 is 16.1 Å². The minimum atomic E-state index is -3.45. The van der Waals surface area contributed by atoms with E-state index in [1.807, 2.05) is 24.3 Å². The molecule has 0 spiro atoms. The van der Waals surface area contributed by atoms with Gasteiger partial charge < -0.3 is 9.64 Å². The van der Waals surface area contributed by atoms with Crippen LogP contribution in [-0.4, -0.2) is 39.8 Å². The van der Waals surface area contributed by atoms with Gasteiger partial charge in [-0.15, -0.1) is 0 Å². The van der Waals surface area contributed by atoms with Gasteiger partial charge in [-0.25, -0.2) is 8.42 Å². The third-order valence-corrected chi connectivity index (χ3v) is 6.01. The van der Waals surface area contributed by atoms with Crippen molar-refractivity contribution in [1.29, 1.82) is 0 Å². The number of hydrogen-bond acceptors (Lipinski definition) is 4. The normalized spacial score (nSPS) is 19.3. The predicted molar refractivity (Wildman–Crippen MR) is 100 cm³/mol. The maximum absolute atomic E-state index is 13.1. The van der Waals surface area contributed by atoms with E-state index in [4.69, 9.17) is 4.74 Å². The molecule has 0 aromatic heterocycles. The van der Waals surface area contributed by atoms with Gasteiger partial charge in [-0.2, -0.15) is 0 Å². The fraction of sp³-hybridized carbons (Fsp3) is 0.316. The van der Waals surface area contributed by atoms with Crippen LogP contribution in [-0.2, 0) is 21.2 Å². The average molecular weight is 372 g/mol. The Labute approximate surface area is 153 Å². The highest BCUT2D eigenvalue weighted by Crippen LogP contribution is 2.35. The third-order valence-electron chi connectivity index (χ3n) is 4.83. The van der Waals surface area contributed by atoms with E-state index in [2.05, 4.69) is 0 Å². The van der Waals surface area contributed by atoms with Crippen LogP contribution in [0, 0.1) is 0 Å². The number of nitrogens with zero attached hydrogens (tertiary/aromatic N) is 2. The first-order valence-electron chi connectivity index (χ1n) is 8.58. The van der Waals surface area contributed by atoms with Gasteiger partial charge in [0.15, 0.2) is 6.10 Å². The molecule has 0 saturated carbocycles. The molecule has 0 saturated heterocycles. The second kappa shape index (κ2) is 6.32. The van der Waals surface area contributed by atoms with Crippen molar-refractivity contribution in [2.45, 2.75) is 18.9 Å². The largest absolute Gasteiger partial charge is 0.478 e. The van der Waals surface area contributed by atoms with E-state index in [0.29, 0.717) is 24.4 Å². The second-order valence-electron chi connectivity index (χ2n) is 6.57. The molecule has 2 aliphatic heterocycles. The van der Waals surface area contributed by atoms with E-state index in [9.17, 15) is 13.2 Å². The van der Waals surface area contributed by atoms with Crippen molar-refractivity contribution >= 4 is 27.3 Å². The molecule has 0 radical (unpaired) electrons. The lowest BCUT2D eigenvalue weighted by atomic mass is 10.1. The summed E-state index contributed by atoms with van der Waals surface area (Å²) in [7, 11) is -3.45. The summed E-state index contributed by atoms with van der Waals surface area (Å²) in [5.41, 5.74) is 2.54. The van der Waals surface area contributed by atoms with E-state index in [0.717, 1.165) is 17.7 Å². The zero-order valence-electron chi connectivity index (χ0n) is 14.5. The summed E-state index contributed by atoms with van der Waals surface area (Å²) in [5, 5.41) is 0. The van der Waals surface area contributed by atoms with Gasteiger partial charge in [-0.1, -0.05) is 30.3 Å². The maximum Gasteiger partial charge on any atom is 0.268 e. The van der Waals surface area contributed by atoms with Crippen LogP contribution >= 0.6 is 0 Å². The van der Waals surface area contributed by atoms with Gasteiger partial charge in [0.25, 0.3) is 5.91 Å². The molecular weight excluding hydrogens is 352 g/mol. The molecular formula is C19H20N2O4S. The lowest BCUT2D eigenvalue weighted by molar-refractivity contribution is -0.125. The molecule has 1 unspecified atom stereocenters. The fourth-order valence-electron chi connectivity index (χ4n) is 3.59. The fourth-order valence-corrected chi connectivity index (χ4v) is 4.53. The molecule has 7 heteroatoms. The van der Waals surface area contributed by atoms with Gasteiger partial charge in [0.2, 0.25) is 10.0 Å². The molecule has 2 aromatic carbocycles. The van der Waals surface area contributed by atoms with Crippen LogP contribution in [0.2, 0.25) is 0 Å². The standard InChI is InChI=1S/C19H20N2O4S/c1-26(23,24)21-13-11-18(25-17-9-5-4-8-16(17)21)19(22)20-12-10-14-6-2-3-7-15(14)20/h2-9,18H,10-13H2,1H3. The molecule has 2 aliphatic rings. The topological polar surface area (TPSA) is 66.9 Å². The van der Waals surface area contributed by atoms with Crippen LogP contribution in [0.25, 0.3) is 0 Å². The summed E-state index contributed by atoms with van der Waals surface area (Å²) >= 11 is 0. The second-order valence-corrected chi connectivity index (χ2v) is 8.47. The number of carbonyl (C=O) groups excluding carboxylic acids is 1. The number of sulfonamides is 1. The van der Waals surface area contributed by atoms with E-state index in [-0.39, 0.29) is 12.5 Å². The highest BCUT2D eigenvalue weighted by molar-refractivity contribution is 7.92. The molecule has 1 atom stereocenters.